The zero-order valence-corrected chi connectivity index (χ0v) is 18.9. The van der Waals surface area contributed by atoms with Gasteiger partial charge in [0.15, 0.2) is 5.16 Å². The van der Waals surface area contributed by atoms with Gasteiger partial charge in [0.2, 0.25) is 15.9 Å². The van der Waals surface area contributed by atoms with Crippen LogP contribution in [0.3, 0.4) is 0 Å². The number of nitrogens with zero attached hydrogens (tertiary/aromatic N) is 2. The lowest BCUT2D eigenvalue weighted by Crippen LogP contribution is -2.27. The molecule has 164 valence electrons. The van der Waals surface area contributed by atoms with Crippen molar-refractivity contribution in [1.82, 2.24) is 14.3 Å². The van der Waals surface area contributed by atoms with Crippen LogP contribution in [0.4, 0.5) is 5.69 Å². The van der Waals surface area contributed by atoms with Crippen molar-refractivity contribution in [3.8, 4) is 5.75 Å². The SMILES string of the molecule is COc1ccc2nc(S[C@@H](C)C(=O)Nc3ccc(S(=O)(=O)N4CCCC4)cc3)[nH]c2c1. The van der Waals surface area contributed by atoms with Crippen LogP contribution >= 0.6 is 11.8 Å². The van der Waals surface area contributed by atoms with Gasteiger partial charge in [-0.15, -0.1) is 0 Å². The predicted octanol–water partition coefficient (Wildman–Crippen LogP) is 3.48. The van der Waals surface area contributed by atoms with Gasteiger partial charge < -0.3 is 15.0 Å². The van der Waals surface area contributed by atoms with Crippen molar-refractivity contribution in [2.75, 3.05) is 25.5 Å². The molecule has 2 N–H and O–H groups in total. The largest absolute Gasteiger partial charge is 0.497 e. The Morgan fingerprint density at radius 3 is 2.58 bits per heavy atom. The van der Waals surface area contributed by atoms with E-state index in [1.54, 1.807) is 26.2 Å². The number of benzene rings is 2. The average Bonchev–Trinajstić information content (AvgIpc) is 3.43. The van der Waals surface area contributed by atoms with E-state index in [0.29, 0.717) is 23.9 Å². The number of aromatic nitrogens is 2. The first-order valence-electron chi connectivity index (χ1n) is 9.98. The van der Waals surface area contributed by atoms with Gasteiger partial charge in [0.05, 0.1) is 28.3 Å². The van der Waals surface area contributed by atoms with E-state index in [-0.39, 0.29) is 10.8 Å². The Bertz CT molecular complexity index is 1190. The summed E-state index contributed by atoms with van der Waals surface area (Å²) in [4.78, 5) is 20.5. The standard InChI is InChI=1S/C21H24N4O4S2/c1-14(30-21-23-18-10-7-16(29-2)13-19(18)24-21)20(26)22-15-5-8-17(9-6-15)31(27,28)25-11-3-4-12-25/h5-10,13-14H,3-4,11-12H2,1-2H3,(H,22,26)(H,23,24)/t14-/m0/s1. The Hall–Kier alpha value is -2.56. The summed E-state index contributed by atoms with van der Waals surface area (Å²) in [5.74, 6) is 0.534. The molecule has 2 aromatic carbocycles. The van der Waals surface area contributed by atoms with E-state index in [1.807, 2.05) is 18.2 Å². The van der Waals surface area contributed by atoms with Gasteiger partial charge in [0.25, 0.3) is 0 Å². The lowest BCUT2D eigenvalue weighted by Gasteiger charge is -2.16. The molecule has 0 saturated carbocycles. The number of methoxy groups -OCH3 is 1. The topological polar surface area (TPSA) is 104 Å². The highest BCUT2D eigenvalue weighted by molar-refractivity contribution is 8.00. The van der Waals surface area contributed by atoms with Crippen LogP contribution in [0.15, 0.2) is 52.5 Å². The average molecular weight is 461 g/mol. The van der Waals surface area contributed by atoms with E-state index in [4.69, 9.17) is 4.74 Å². The molecule has 10 heteroatoms. The third-order valence-corrected chi connectivity index (χ3v) is 8.05. The highest BCUT2D eigenvalue weighted by Crippen LogP contribution is 2.27. The number of hydrogen-bond donors (Lipinski definition) is 2. The Labute approximate surface area is 185 Å². The number of amides is 1. The second kappa shape index (κ2) is 8.89. The zero-order valence-electron chi connectivity index (χ0n) is 17.3. The monoisotopic (exact) mass is 460 g/mol. The second-order valence-electron chi connectivity index (χ2n) is 7.31. The molecule has 0 unspecified atom stereocenters. The van der Waals surface area contributed by atoms with E-state index in [0.717, 1.165) is 29.6 Å². The van der Waals surface area contributed by atoms with Crippen LogP contribution in [0.1, 0.15) is 19.8 Å². The van der Waals surface area contributed by atoms with E-state index >= 15 is 0 Å². The molecule has 1 fully saturated rings. The van der Waals surface area contributed by atoms with E-state index in [2.05, 4.69) is 15.3 Å². The molecule has 1 aliphatic rings. The summed E-state index contributed by atoms with van der Waals surface area (Å²) < 4.78 is 31.9. The van der Waals surface area contributed by atoms with Crippen LogP contribution in [-0.4, -0.2) is 54.0 Å². The Morgan fingerprint density at radius 1 is 1.19 bits per heavy atom. The summed E-state index contributed by atoms with van der Waals surface area (Å²) >= 11 is 1.31. The molecule has 1 amide bonds. The van der Waals surface area contributed by atoms with Gasteiger partial charge in [-0.05, 0) is 56.2 Å². The molecule has 2 heterocycles. The minimum Gasteiger partial charge on any atom is -0.497 e. The number of hydrogen-bond acceptors (Lipinski definition) is 6. The van der Waals surface area contributed by atoms with Crippen molar-refractivity contribution in [3.05, 3.63) is 42.5 Å². The van der Waals surface area contributed by atoms with Gasteiger partial charge in [-0.25, -0.2) is 13.4 Å². The summed E-state index contributed by atoms with van der Waals surface area (Å²) in [7, 11) is -1.86. The number of imidazole rings is 1. The second-order valence-corrected chi connectivity index (χ2v) is 10.6. The molecule has 1 aliphatic heterocycles. The minimum atomic E-state index is -3.46. The van der Waals surface area contributed by atoms with Crippen LogP contribution in [-0.2, 0) is 14.8 Å². The summed E-state index contributed by atoms with van der Waals surface area (Å²) in [6.45, 7) is 2.91. The van der Waals surface area contributed by atoms with Gasteiger partial charge in [0.1, 0.15) is 5.75 Å². The molecule has 0 bridgehead atoms. The molecule has 8 nitrogen and oxygen atoms in total. The Morgan fingerprint density at radius 2 is 1.90 bits per heavy atom. The van der Waals surface area contributed by atoms with Crippen molar-refractivity contribution in [2.45, 2.75) is 35.1 Å². The fourth-order valence-electron chi connectivity index (χ4n) is 3.40. The number of carbonyl (C=O) groups is 1. The molecule has 0 aliphatic carbocycles. The summed E-state index contributed by atoms with van der Waals surface area (Å²) in [6.07, 6.45) is 1.78. The van der Waals surface area contributed by atoms with Gasteiger partial charge >= 0.3 is 0 Å². The third kappa shape index (κ3) is 4.70. The fourth-order valence-corrected chi connectivity index (χ4v) is 5.74. The van der Waals surface area contributed by atoms with Crippen molar-refractivity contribution in [3.63, 3.8) is 0 Å². The fraction of sp³-hybridized carbons (Fsp3) is 0.333. The maximum Gasteiger partial charge on any atom is 0.243 e. The van der Waals surface area contributed by atoms with Crippen molar-refractivity contribution in [2.24, 2.45) is 0 Å². The summed E-state index contributed by atoms with van der Waals surface area (Å²) in [5.41, 5.74) is 2.18. The number of sulfonamides is 1. The minimum absolute atomic E-state index is 0.196. The number of aromatic amines is 1. The first-order valence-corrected chi connectivity index (χ1v) is 12.3. The first kappa shape index (κ1) is 21.7. The number of rotatable bonds is 7. The maximum atomic E-state index is 12.6. The lowest BCUT2D eigenvalue weighted by atomic mass is 10.3. The predicted molar refractivity (Wildman–Crippen MR) is 121 cm³/mol. The van der Waals surface area contributed by atoms with Crippen LogP contribution in [0.2, 0.25) is 0 Å². The molecule has 1 atom stereocenters. The smallest absolute Gasteiger partial charge is 0.243 e. The highest BCUT2D eigenvalue weighted by atomic mass is 32.2. The number of anilines is 1. The molecule has 1 saturated heterocycles. The molecule has 31 heavy (non-hydrogen) atoms. The van der Waals surface area contributed by atoms with E-state index in [9.17, 15) is 13.2 Å². The van der Waals surface area contributed by atoms with Crippen LogP contribution < -0.4 is 10.1 Å². The van der Waals surface area contributed by atoms with Gasteiger partial charge in [0, 0.05) is 24.8 Å². The van der Waals surface area contributed by atoms with Gasteiger partial charge in [-0.2, -0.15) is 4.31 Å². The third-order valence-electron chi connectivity index (χ3n) is 5.15. The number of H-pyrrole nitrogens is 1. The summed E-state index contributed by atoms with van der Waals surface area (Å²) in [6, 6.07) is 11.9. The first-order chi connectivity index (χ1) is 14.9. The number of ether oxygens (including phenoxy) is 1. The molecular weight excluding hydrogens is 436 g/mol. The lowest BCUT2D eigenvalue weighted by molar-refractivity contribution is -0.115. The number of thioether (sulfide) groups is 1. The molecule has 3 aromatic rings. The summed E-state index contributed by atoms with van der Waals surface area (Å²) in [5, 5.41) is 3.06. The van der Waals surface area contributed by atoms with Crippen LogP contribution in [0.25, 0.3) is 11.0 Å². The van der Waals surface area contributed by atoms with Crippen molar-refractivity contribution < 1.29 is 17.9 Å². The van der Waals surface area contributed by atoms with Crippen molar-refractivity contribution in [1.29, 1.82) is 0 Å². The number of fused-ring (bicyclic) bond motifs is 1. The molecule has 4 rings (SSSR count). The quantitative estimate of drug-likeness (QED) is 0.523. The number of nitrogens with one attached hydrogen (secondary N) is 2. The zero-order chi connectivity index (χ0) is 22.0. The van der Waals surface area contributed by atoms with Crippen LogP contribution in [0, 0.1) is 0 Å². The van der Waals surface area contributed by atoms with Gasteiger partial charge in [-0.1, -0.05) is 11.8 Å². The van der Waals surface area contributed by atoms with E-state index < -0.39 is 15.3 Å². The van der Waals surface area contributed by atoms with Crippen LogP contribution in [0.5, 0.6) is 5.75 Å². The highest BCUT2D eigenvalue weighted by Gasteiger charge is 2.27. The Balaban J connectivity index is 1.39. The molecular formula is C21H24N4O4S2. The Kier molecular flexibility index (Phi) is 6.22. The normalized spacial score (nSPS) is 15.8. The number of carbonyl (C=O) groups excluding carboxylic acids is 1. The molecule has 0 spiro atoms. The van der Waals surface area contributed by atoms with Gasteiger partial charge in [-0.3, -0.25) is 4.79 Å². The molecule has 1 aromatic heterocycles. The molecule has 0 radical (unpaired) electrons. The van der Waals surface area contributed by atoms with E-state index in [1.165, 1.54) is 28.2 Å². The van der Waals surface area contributed by atoms with Crippen molar-refractivity contribution >= 4 is 44.4 Å². The maximum absolute atomic E-state index is 12.6.